The van der Waals surface area contributed by atoms with Gasteiger partial charge in [-0.3, -0.25) is 9.88 Å². The molecule has 0 atom stereocenters. The summed E-state index contributed by atoms with van der Waals surface area (Å²) >= 11 is 3.38. The largest absolute Gasteiger partial charge is 0.399 e. The van der Waals surface area contributed by atoms with Crippen molar-refractivity contribution >= 4 is 21.6 Å². The zero-order valence-electron chi connectivity index (χ0n) is 10.3. The van der Waals surface area contributed by atoms with Gasteiger partial charge in [-0.1, -0.05) is 12.1 Å². The van der Waals surface area contributed by atoms with Gasteiger partial charge in [-0.05, 0) is 52.8 Å². The molecule has 1 heterocycles. The van der Waals surface area contributed by atoms with E-state index in [1.165, 1.54) is 5.56 Å². The highest BCUT2D eigenvalue weighted by atomic mass is 79.9. The van der Waals surface area contributed by atoms with E-state index < -0.39 is 0 Å². The summed E-state index contributed by atoms with van der Waals surface area (Å²) in [4.78, 5) is 6.59. The highest BCUT2D eigenvalue weighted by Crippen LogP contribution is 2.11. The lowest BCUT2D eigenvalue weighted by molar-refractivity contribution is 0.315. The third-order valence-corrected chi connectivity index (χ3v) is 3.12. The smallest absolute Gasteiger partial charge is 0.0544 e. The average Bonchev–Trinajstić information content (AvgIpc) is 2.35. The molecule has 0 radical (unpaired) electrons. The fraction of sp³-hybridized carbons (Fsp3) is 0.214. The van der Waals surface area contributed by atoms with Gasteiger partial charge >= 0.3 is 0 Å². The Morgan fingerprint density at radius 2 is 1.83 bits per heavy atom. The van der Waals surface area contributed by atoms with Crippen LogP contribution in [0.5, 0.6) is 0 Å². The van der Waals surface area contributed by atoms with Crippen molar-refractivity contribution in [2.75, 3.05) is 12.8 Å². The van der Waals surface area contributed by atoms with E-state index in [-0.39, 0.29) is 0 Å². The SMILES string of the molecule is CN(Cc1ccc(N)cc1)Cc1ccc(Br)cn1. The second-order valence-electron chi connectivity index (χ2n) is 4.38. The van der Waals surface area contributed by atoms with Gasteiger partial charge in [0.1, 0.15) is 0 Å². The Morgan fingerprint density at radius 1 is 1.11 bits per heavy atom. The van der Waals surface area contributed by atoms with Gasteiger partial charge in [-0.15, -0.1) is 0 Å². The van der Waals surface area contributed by atoms with Crippen LogP contribution < -0.4 is 5.73 Å². The van der Waals surface area contributed by atoms with Gasteiger partial charge in [0.05, 0.1) is 5.69 Å². The summed E-state index contributed by atoms with van der Waals surface area (Å²) in [6.07, 6.45) is 1.83. The van der Waals surface area contributed by atoms with Crippen LogP contribution in [0.2, 0.25) is 0 Å². The van der Waals surface area contributed by atoms with E-state index in [0.717, 1.165) is 28.9 Å². The fourth-order valence-electron chi connectivity index (χ4n) is 1.77. The second-order valence-corrected chi connectivity index (χ2v) is 5.30. The van der Waals surface area contributed by atoms with Gasteiger partial charge in [0.15, 0.2) is 0 Å². The summed E-state index contributed by atoms with van der Waals surface area (Å²) in [6.45, 7) is 1.72. The lowest BCUT2D eigenvalue weighted by Crippen LogP contribution is -2.17. The first-order chi connectivity index (χ1) is 8.63. The minimum Gasteiger partial charge on any atom is -0.399 e. The Balaban J connectivity index is 1.94. The molecule has 0 aliphatic carbocycles. The van der Waals surface area contributed by atoms with Crippen molar-refractivity contribution in [2.45, 2.75) is 13.1 Å². The molecule has 1 aromatic carbocycles. The van der Waals surface area contributed by atoms with Crippen LogP contribution in [0.25, 0.3) is 0 Å². The van der Waals surface area contributed by atoms with Gasteiger partial charge in [-0.25, -0.2) is 0 Å². The van der Waals surface area contributed by atoms with Gasteiger partial charge in [0, 0.05) is 29.4 Å². The predicted molar refractivity (Wildman–Crippen MR) is 78.0 cm³/mol. The number of nitrogens with zero attached hydrogens (tertiary/aromatic N) is 2. The normalized spacial score (nSPS) is 10.8. The fourth-order valence-corrected chi connectivity index (χ4v) is 2.00. The van der Waals surface area contributed by atoms with Crippen LogP contribution in [0.15, 0.2) is 47.1 Å². The van der Waals surface area contributed by atoms with E-state index >= 15 is 0 Å². The molecule has 0 unspecified atom stereocenters. The predicted octanol–water partition coefficient (Wildman–Crippen LogP) is 3.06. The first-order valence-corrected chi connectivity index (χ1v) is 6.56. The van der Waals surface area contributed by atoms with Crippen molar-refractivity contribution < 1.29 is 0 Å². The minimum absolute atomic E-state index is 0.802. The summed E-state index contributed by atoms with van der Waals surface area (Å²) in [6, 6.07) is 12.0. The number of rotatable bonds is 4. The van der Waals surface area contributed by atoms with Crippen LogP contribution in [-0.2, 0) is 13.1 Å². The number of anilines is 1. The van der Waals surface area contributed by atoms with Crippen molar-refractivity contribution in [1.82, 2.24) is 9.88 Å². The number of hydrogen-bond donors (Lipinski definition) is 1. The maximum atomic E-state index is 5.67. The quantitative estimate of drug-likeness (QED) is 0.883. The number of halogens is 1. The lowest BCUT2D eigenvalue weighted by Gasteiger charge is -2.16. The molecule has 0 fully saturated rings. The van der Waals surface area contributed by atoms with Crippen LogP contribution in [0.3, 0.4) is 0 Å². The van der Waals surface area contributed by atoms with E-state index in [9.17, 15) is 0 Å². The maximum Gasteiger partial charge on any atom is 0.0544 e. The molecule has 4 heteroatoms. The van der Waals surface area contributed by atoms with Gasteiger partial charge in [0.2, 0.25) is 0 Å². The van der Waals surface area contributed by atoms with Crippen LogP contribution in [-0.4, -0.2) is 16.9 Å². The van der Waals surface area contributed by atoms with Crippen LogP contribution in [0.4, 0.5) is 5.69 Å². The van der Waals surface area contributed by atoms with Crippen LogP contribution >= 0.6 is 15.9 Å². The molecular weight excluding hydrogens is 290 g/mol. The van der Waals surface area contributed by atoms with E-state index in [4.69, 9.17) is 5.73 Å². The molecule has 2 rings (SSSR count). The Kier molecular flexibility index (Phi) is 4.33. The third kappa shape index (κ3) is 3.82. The molecule has 3 nitrogen and oxygen atoms in total. The van der Waals surface area contributed by atoms with E-state index in [1.54, 1.807) is 0 Å². The minimum atomic E-state index is 0.802. The van der Waals surface area contributed by atoms with Crippen LogP contribution in [0, 0.1) is 0 Å². The molecule has 1 aromatic heterocycles. The number of benzene rings is 1. The summed E-state index contributed by atoms with van der Waals surface area (Å²) in [5.41, 5.74) is 8.79. The van der Waals surface area contributed by atoms with Crippen molar-refractivity contribution in [3.8, 4) is 0 Å². The van der Waals surface area contributed by atoms with Crippen molar-refractivity contribution in [1.29, 1.82) is 0 Å². The molecular formula is C14H16BrN3. The molecule has 2 aromatic rings. The molecule has 0 aliphatic rings. The first kappa shape index (κ1) is 13.1. The Hall–Kier alpha value is -1.39. The van der Waals surface area contributed by atoms with Crippen molar-refractivity contribution in [3.05, 3.63) is 58.3 Å². The standard InChI is InChI=1S/C14H16BrN3/c1-18(9-11-2-5-13(16)6-3-11)10-14-7-4-12(15)8-17-14/h2-8H,9-10,16H2,1H3. The zero-order chi connectivity index (χ0) is 13.0. The Bertz CT molecular complexity index is 446. The highest BCUT2D eigenvalue weighted by Gasteiger charge is 2.02. The average molecular weight is 306 g/mol. The van der Waals surface area contributed by atoms with Gasteiger partial charge in [0.25, 0.3) is 0 Å². The lowest BCUT2D eigenvalue weighted by atomic mass is 10.2. The maximum absolute atomic E-state index is 5.67. The van der Waals surface area contributed by atoms with E-state index in [0.29, 0.717) is 0 Å². The third-order valence-electron chi connectivity index (χ3n) is 2.65. The molecule has 0 amide bonds. The molecule has 18 heavy (non-hydrogen) atoms. The monoisotopic (exact) mass is 305 g/mol. The summed E-state index contributed by atoms with van der Waals surface area (Å²) < 4.78 is 1.01. The number of nitrogen functional groups attached to an aromatic ring is 1. The molecule has 0 bridgehead atoms. The summed E-state index contributed by atoms with van der Waals surface area (Å²) in [5, 5.41) is 0. The summed E-state index contributed by atoms with van der Waals surface area (Å²) in [7, 11) is 2.08. The first-order valence-electron chi connectivity index (χ1n) is 5.77. The van der Waals surface area contributed by atoms with Crippen molar-refractivity contribution in [2.24, 2.45) is 0 Å². The van der Waals surface area contributed by atoms with Crippen molar-refractivity contribution in [3.63, 3.8) is 0 Å². The number of pyridine rings is 1. The highest BCUT2D eigenvalue weighted by molar-refractivity contribution is 9.10. The summed E-state index contributed by atoms with van der Waals surface area (Å²) in [5.74, 6) is 0. The second kappa shape index (κ2) is 5.98. The van der Waals surface area contributed by atoms with E-state index in [2.05, 4.69) is 45.0 Å². The molecule has 0 saturated carbocycles. The zero-order valence-corrected chi connectivity index (χ0v) is 11.9. The number of hydrogen-bond acceptors (Lipinski definition) is 3. The molecule has 0 spiro atoms. The van der Waals surface area contributed by atoms with Gasteiger partial charge in [-0.2, -0.15) is 0 Å². The Morgan fingerprint density at radius 3 is 2.44 bits per heavy atom. The molecule has 0 aliphatic heterocycles. The van der Waals surface area contributed by atoms with E-state index in [1.807, 2.05) is 30.5 Å². The Labute approximate surface area is 116 Å². The molecule has 0 saturated heterocycles. The number of aromatic nitrogens is 1. The number of nitrogens with two attached hydrogens (primary N) is 1. The van der Waals surface area contributed by atoms with Gasteiger partial charge < -0.3 is 5.73 Å². The molecule has 94 valence electrons. The van der Waals surface area contributed by atoms with Crippen LogP contribution in [0.1, 0.15) is 11.3 Å². The molecule has 2 N–H and O–H groups in total. The topological polar surface area (TPSA) is 42.1 Å².